The molecule has 13 heteroatoms. The Morgan fingerprint density at radius 1 is 1.05 bits per heavy atom. The Morgan fingerprint density at radius 3 is 2.21 bits per heavy atom. The molecule has 0 radical (unpaired) electrons. The molecule has 234 valence electrons. The number of hydrogen-bond donors (Lipinski definition) is 1. The summed E-state index contributed by atoms with van der Waals surface area (Å²) < 4.78 is 95.0. The number of alkyl halides is 6. The van der Waals surface area contributed by atoms with Crippen molar-refractivity contribution in [1.29, 1.82) is 0 Å². The molecular weight excluding hydrogens is 583 g/mol. The summed E-state index contributed by atoms with van der Waals surface area (Å²) in [5.41, 5.74) is -2.75. The van der Waals surface area contributed by atoms with Gasteiger partial charge >= 0.3 is 24.4 Å². The van der Waals surface area contributed by atoms with Gasteiger partial charge in [-0.2, -0.15) is 26.3 Å². The predicted molar refractivity (Wildman–Crippen MR) is 141 cm³/mol. The average molecular weight is 616 g/mol. The molecule has 0 aromatic heterocycles. The van der Waals surface area contributed by atoms with Crippen LogP contribution in [0.4, 0.5) is 35.5 Å². The lowest BCUT2D eigenvalue weighted by atomic mass is 9.88. The Bertz CT molecular complexity index is 1400. The molecule has 6 nitrogen and oxygen atoms in total. The van der Waals surface area contributed by atoms with E-state index >= 15 is 0 Å². The number of likely N-dealkylation sites (tertiary alicyclic amines) is 2. The smallest absolute Gasteiger partial charge is 0.416 e. The van der Waals surface area contributed by atoms with Gasteiger partial charge in [0.25, 0.3) is 0 Å². The number of carboxylic acid groups (broad SMARTS) is 1. The van der Waals surface area contributed by atoms with E-state index in [-0.39, 0.29) is 30.1 Å². The zero-order chi connectivity index (χ0) is 31.6. The van der Waals surface area contributed by atoms with Gasteiger partial charge in [-0.1, -0.05) is 6.07 Å². The summed E-state index contributed by atoms with van der Waals surface area (Å²) >= 11 is 0. The summed E-state index contributed by atoms with van der Waals surface area (Å²) in [6, 6.07) is 3.07. The zero-order valence-electron chi connectivity index (χ0n) is 23.8. The minimum Gasteiger partial charge on any atom is -0.481 e. The molecule has 1 aliphatic carbocycles. The molecule has 4 unspecified atom stereocenters. The van der Waals surface area contributed by atoms with Gasteiger partial charge in [0.1, 0.15) is 5.82 Å². The summed E-state index contributed by atoms with van der Waals surface area (Å²) in [6.07, 6.45) is -8.52. The number of aryl methyl sites for hydroxylation is 1. The maximum absolute atomic E-state index is 14.0. The molecule has 2 aromatic rings. The van der Waals surface area contributed by atoms with Crippen LogP contribution in [0.3, 0.4) is 0 Å². The first kappa shape index (κ1) is 31.1. The number of carbonyl (C=O) groups is 2. The topological polar surface area (TPSA) is 64.1 Å². The first-order valence-corrected chi connectivity index (χ1v) is 14.0. The Kier molecular flexibility index (Phi) is 7.72. The first-order valence-electron chi connectivity index (χ1n) is 14.0. The molecule has 2 heterocycles. The first-order chi connectivity index (χ1) is 19.9. The summed E-state index contributed by atoms with van der Waals surface area (Å²) in [7, 11) is 1.33. The SMILES string of the molecule is Cc1cc(F)ccc1[C@H]1CC(N2CC3CC3(C(=O)O)C2)CCN1C(=O)N(C)C(C)c1cc(C(F)(F)F)cc(C(F)(F)F)c1. The molecule has 0 bridgehead atoms. The Labute approximate surface area is 244 Å². The van der Waals surface area contributed by atoms with Crippen LogP contribution in [0, 0.1) is 24.1 Å². The van der Waals surface area contributed by atoms with Crippen molar-refractivity contribution in [1.82, 2.24) is 14.7 Å². The van der Waals surface area contributed by atoms with E-state index in [0.717, 1.165) is 4.90 Å². The molecule has 2 aromatic carbocycles. The number of benzene rings is 2. The summed E-state index contributed by atoms with van der Waals surface area (Å²) in [5.74, 6) is -1.22. The van der Waals surface area contributed by atoms with E-state index in [1.165, 1.54) is 31.0 Å². The van der Waals surface area contributed by atoms with Gasteiger partial charge in [-0.3, -0.25) is 9.69 Å². The highest BCUT2D eigenvalue weighted by atomic mass is 19.4. The number of carboxylic acids is 1. The van der Waals surface area contributed by atoms with Crippen LogP contribution in [-0.2, 0) is 17.1 Å². The van der Waals surface area contributed by atoms with Crippen molar-refractivity contribution >= 4 is 12.0 Å². The quantitative estimate of drug-likeness (QED) is 0.372. The second-order valence-corrected chi connectivity index (χ2v) is 12.1. The second kappa shape index (κ2) is 10.7. The standard InChI is InChI=1S/C30H32F7N3O3/c1-16-8-22(31)4-5-24(16)25-12-23(39-14-21-13-28(21,15-39)26(41)42)6-7-40(25)27(43)38(3)17(2)18-9-19(29(32,33)34)11-20(10-18)30(35,36)37/h4-5,8-11,17,21,23,25H,6-7,12-15H2,1-3H3,(H,41,42)/t17?,21?,23?,25-,28?/m1/s1. The molecule has 1 saturated carbocycles. The van der Waals surface area contributed by atoms with Crippen molar-refractivity contribution in [3.8, 4) is 0 Å². The number of amides is 2. The fraction of sp³-hybridized carbons (Fsp3) is 0.533. The van der Waals surface area contributed by atoms with Gasteiger partial charge in [0, 0.05) is 32.7 Å². The van der Waals surface area contributed by atoms with Gasteiger partial charge in [-0.05, 0) is 86.1 Å². The second-order valence-electron chi connectivity index (χ2n) is 12.1. The molecule has 3 fully saturated rings. The summed E-state index contributed by atoms with van der Waals surface area (Å²) in [5, 5.41) is 9.72. The van der Waals surface area contributed by atoms with E-state index < -0.39 is 58.8 Å². The minimum atomic E-state index is -5.03. The van der Waals surface area contributed by atoms with E-state index in [4.69, 9.17) is 0 Å². The summed E-state index contributed by atoms with van der Waals surface area (Å²) in [6.45, 7) is 4.28. The number of piperidine rings is 2. The number of halogens is 7. The van der Waals surface area contributed by atoms with Crippen molar-refractivity contribution in [3.05, 3.63) is 70.0 Å². The van der Waals surface area contributed by atoms with E-state index in [1.54, 1.807) is 13.0 Å². The van der Waals surface area contributed by atoms with Crippen molar-refractivity contribution < 1.29 is 45.4 Å². The van der Waals surface area contributed by atoms with Gasteiger partial charge in [0.05, 0.1) is 28.6 Å². The number of carbonyl (C=O) groups excluding carboxylic acids is 1. The lowest BCUT2D eigenvalue weighted by Crippen LogP contribution is -2.52. The monoisotopic (exact) mass is 615 g/mol. The van der Waals surface area contributed by atoms with Crippen molar-refractivity contribution in [2.75, 3.05) is 26.7 Å². The Balaban J connectivity index is 1.43. The number of rotatable bonds is 5. The largest absolute Gasteiger partial charge is 0.481 e. The van der Waals surface area contributed by atoms with E-state index in [9.17, 15) is 45.4 Å². The third kappa shape index (κ3) is 5.80. The van der Waals surface area contributed by atoms with Gasteiger partial charge in [0.15, 0.2) is 0 Å². The van der Waals surface area contributed by atoms with Gasteiger partial charge in [0.2, 0.25) is 0 Å². The van der Waals surface area contributed by atoms with Gasteiger partial charge in [-0.25, -0.2) is 9.18 Å². The van der Waals surface area contributed by atoms with Crippen LogP contribution in [-0.4, -0.2) is 64.5 Å². The molecule has 2 saturated heterocycles. The lowest BCUT2D eigenvalue weighted by Gasteiger charge is -2.45. The lowest BCUT2D eigenvalue weighted by molar-refractivity contribution is -0.144. The number of hydrogen-bond acceptors (Lipinski definition) is 3. The zero-order valence-corrected chi connectivity index (χ0v) is 23.8. The fourth-order valence-electron chi connectivity index (χ4n) is 6.76. The number of urea groups is 1. The normalized spacial score (nSPS) is 26.7. The molecule has 5 rings (SSSR count). The Morgan fingerprint density at radius 2 is 1.67 bits per heavy atom. The van der Waals surface area contributed by atoms with Crippen LogP contribution in [0.15, 0.2) is 36.4 Å². The van der Waals surface area contributed by atoms with Crippen molar-refractivity contribution in [3.63, 3.8) is 0 Å². The molecule has 2 amide bonds. The van der Waals surface area contributed by atoms with Gasteiger partial charge < -0.3 is 14.9 Å². The van der Waals surface area contributed by atoms with E-state index in [1.807, 2.05) is 0 Å². The summed E-state index contributed by atoms with van der Waals surface area (Å²) in [4.78, 5) is 30.5. The molecule has 1 N–H and O–H groups in total. The minimum absolute atomic E-state index is 0.0486. The molecule has 0 spiro atoms. The third-order valence-electron chi connectivity index (χ3n) is 9.50. The molecule has 2 aliphatic heterocycles. The maximum atomic E-state index is 14.0. The van der Waals surface area contributed by atoms with Crippen molar-refractivity contribution in [2.45, 2.75) is 63.6 Å². The van der Waals surface area contributed by atoms with Crippen molar-refractivity contribution in [2.24, 2.45) is 11.3 Å². The van der Waals surface area contributed by atoms with Gasteiger partial charge in [-0.15, -0.1) is 0 Å². The molecule has 5 atom stereocenters. The average Bonchev–Trinajstić information content (AvgIpc) is 3.51. The van der Waals surface area contributed by atoms with E-state index in [0.29, 0.717) is 55.6 Å². The predicted octanol–water partition coefficient (Wildman–Crippen LogP) is 6.90. The molecule has 43 heavy (non-hydrogen) atoms. The molecular formula is C30H32F7N3O3. The van der Waals surface area contributed by atoms with E-state index in [2.05, 4.69) is 4.90 Å². The van der Waals surface area contributed by atoms with Crippen LogP contribution in [0.5, 0.6) is 0 Å². The maximum Gasteiger partial charge on any atom is 0.416 e. The highest BCUT2D eigenvalue weighted by Crippen LogP contribution is 2.59. The number of fused-ring (bicyclic) bond motifs is 1. The number of aliphatic carboxylic acids is 1. The highest BCUT2D eigenvalue weighted by Gasteiger charge is 2.66. The Hall–Kier alpha value is -3.35. The third-order valence-corrected chi connectivity index (χ3v) is 9.50. The van der Waals surface area contributed by atoms with Crippen LogP contribution in [0.2, 0.25) is 0 Å². The highest BCUT2D eigenvalue weighted by molar-refractivity contribution is 5.79. The van der Waals surface area contributed by atoms with Crippen LogP contribution < -0.4 is 0 Å². The number of nitrogens with zero attached hydrogens (tertiary/aromatic N) is 3. The van der Waals surface area contributed by atoms with Crippen LogP contribution >= 0.6 is 0 Å². The van der Waals surface area contributed by atoms with Crippen LogP contribution in [0.25, 0.3) is 0 Å². The fourth-order valence-corrected chi connectivity index (χ4v) is 6.76. The van der Waals surface area contributed by atoms with Crippen LogP contribution in [0.1, 0.15) is 66.1 Å². The molecule has 3 aliphatic rings.